The molecule has 3 atom stereocenters. The van der Waals surface area contributed by atoms with Gasteiger partial charge in [-0.3, -0.25) is 24.0 Å². The van der Waals surface area contributed by atoms with Gasteiger partial charge in [0.2, 0.25) is 11.8 Å². The van der Waals surface area contributed by atoms with Crippen molar-refractivity contribution in [3.63, 3.8) is 0 Å². The number of Topliss-reactive ketones (excluding diaryl/α,β-unsaturated/α-hetero) is 1. The predicted octanol–water partition coefficient (Wildman–Crippen LogP) is 5.41. The Labute approximate surface area is 284 Å². The number of aryl methyl sites for hydroxylation is 1. The number of carbonyl (C=O) groups excluding carboxylic acids is 3. The first-order chi connectivity index (χ1) is 22.8. The van der Waals surface area contributed by atoms with E-state index >= 15 is 0 Å². The van der Waals surface area contributed by atoms with Gasteiger partial charge in [-0.25, -0.2) is 23.7 Å². The first kappa shape index (κ1) is 32.4. The van der Waals surface area contributed by atoms with E-state index in [2.05, 4.69) is 48.2 Å². The second-order valence-electron chi connectivity index (χ2n) is 13.5. The maximum absolute atomic E-state index is 13.9. The van der Waals surface area contributed by atoms with Crippen molar-refractivity contribution in [3.05, 3.63) is 64.4 Å². The SMILES string of the molecule is CC(=O)c1nn(CC(=O)N2C3C[C@]3(C)C[C@H]2C(=O)Nc2nc(Br)ccc2C)c2ccc(-c3cnc(CN4CCCC(F)(F)C4)nc3)cc12. The summed E-state index contributed by atoms with van der Waals surface area (Å²) in [5, 5.41) is 8.04. The molecule has 1 N–H and O–H groups in total. The number of ketones is 1. The van der Waals surface area contributed by atoms with Crippen LogP contribution in [0, 0.1) is 12.3 Å². The molecule has 1 aliphatic carbocycles. The molecule has 3 aliphatic rings. The highest BCUT2D eigenvalue weighted by atomic mass is 79.9. The van der Waals surface area contributed by atoms with E-state index in [-0.39, 0.29) is 60.8 Å². The molecule has 1 aromatic carbocycles. The number of alkyl halides is 2. The maximum atomic E-state index is 13.9. The van der Waals surface area contributed by atoms with Gasteiger partial charge in [-0.1, -0.05) is 19.1 Å². The summed E-state index contributed by atoms with van der Waals surface area (Å²) < 4.78 is 29.8. The third kappa shape index (κ3) is 6.23. The van der Waals surface area contributed by atoms with E-state index in [9.17, 15) is 23.2 Å². The number of carbonyl (C=O) groups is 3. The molecule has 5 heterocycles. The fourth-order valence-electron chi connectivity index (χ4n) is 7.11. The Morgan fingerprint density at radius 3 is 2.58 bits per heavy atom. The fraction of sp³-hybridized carbons (Fsp3) is 0.441. The summed E-state index contributed by atoms with van der Waals surface area (Å²) in [4.78, 5) is 56.7. The summed E-state index contributed by atoms with van der Waals surface area (Å²) in [7, 11) is 0. The first-order valence-corrected chi connectivity index (χ1v) is 16.8. The van der Waals surface area contributed by atoms with E-state index in [1.54, 1.807) is 34.3 Å². The summed E-state index contributed by atoms with van der Waals surface area (Å²) in [5.41, 5.74) is 2.95. The van der Waals surface area contributed by atoms with E-state index in [1.165, 1.54) is 11.6 Å². The maximum Gasteiger partial charge on any atom is 0.260 e. The minimum atomic E-state index is -2.70. The average molecular weight is 722 g/mol. The van der Waals surface area contributed by atoms with Crippen LogP contribution in [-0.4, -0.2) is 83.2 Å². The molecular weight excluding hydrogens is 686 g/mol. The zero-order valence-corrected chi connectivity index (χ0v) is 28.4. The standard InChI is InChI=1S/C34H35BrF2N8O3/c1-19-5-8-27(35)40-31(19)41-32(48)25-12-33(3)13-26(33)45(25)29(47)17-44-24-7-6-21(11-23(24)30(42-44)20(2)46)22-14-38-28(39-15-22)16-43-10-4-9-34(36,37)18-43/h5-8,11,14-15,25-26H,4,9-10,12-13,16-18H2,1-3H3,(H,40,41,48)/t25-,26?,33-/m0/s1. The minimum absolute atomic E-state index is 0.0487. The van der Waals surface area contributed by atoms with E-state index in [4.69, 9.17) is 0 Å². The van der Waals surface area contributed by atoms with Crippen LogP contribution in [0.1, 0.15) is 61.4 Å². The van der Waals surface area contributed by atoms with Crippen molar-refractivity contribution in [1.29, 1.82) is 0 Å². The number of benzene rings is 1. The van der Waals surface area contributed by atoms with Crippen molar-refractivity contribution in [2.75, 3.05) is 18.4 Å². The number of anilines is 1. The zero-order chi connectivity index (χ0) is 34.0. The van der Waals surface area contributed by atoms with Gasteiger partial charge < -0.3 is 10.2 Å². The molecule has 2 aliphatic heterocycles. The number of nitrogens with zero attached hydrogens (tertiary/aromatic N) is 7. The number of pyridine rings is 1. The molecule has 2 amide bonds. The smallest absolute Gasteiger partial charge is 0.260 e. The molecule has 2 saturated heterocycles. The Balaban J connectivity index is 1.10. The summed E-state index contributed by atoms with van der Waals surface area (Å²) in [6, 6.07) is 8.42. The molecule has 11 nitrogen and oxygen atoms in total. The molecule has 250 valence electrons. The Hall–Kier alpha value is -4.17. The molecule has 4 aromatic rings. The normalized spacial score (nSPS) is 23.2. The van der Waals surface area contributed by atoms with Gasteiger partial charge in [-0.15, -0.1) is 0 Å². The number of halogens is 3. The van der Waals surface area contributed by atoms with Gasteiger partial charge in [0.05, 0.1) is 18.6 Å². The van der Waals surface area contributed by atoms with Gasteiger partial charge >= 0.3 is 0 Å². The lowest BCUT2D eigenvalue weighted by Gasteiger charge is -2.31. The van der Waals surface area contributed by atoms with Crippen LogP contribution in [0.25, 0.3) is 22.0 Å². The highest BCUT2D eigenvalue weighted by molar-refractivity contribution is 9.10. The van der Waals surface area contributed by atoms with Crippen LogP contribution in [0.2, 0.25) is 0 Å². The summed E-state index contributed by atoms with van der Waals surface area (Å²) in [5.74, 6) is -2.59. The van der Waals surface area contributed by atoms with Crippen LogP contribution in [-0.2, 0) is 22.7 Å². The molecule has 3 aromatic heterocycles. The van der Waals surface area contributed by atoms with Gasteiger partial charge in [0.1, 0.15) is 34.5 Å². The molecule has 0 bridgehead atoms. The number of nitrogens with one attached hydrogen (secondary N) is 1. The van der Waals surface area contributed by atoms with E-state index in [1.807, 2.05) is 25.1 Å². The molecule has 0 radical (unpaired) electrons. The lowest BCUT2D eigenvalue weighted by Crippen LogP contribution is -2.47. The number of fused-ring (bicyclic) bond motifs is 2. The zero-order valence-electron chi connectivity index (χ0n) is 26.8. The second-order valence-corrected chi connectivity index (χ2v) is 14.3. The van der Waals surface area contributed by atoms with Crippen LogP contribution in [0.3, 0.4) is 0 Å². The van der Waals surface area contributed by atoms with Gasteiger partial charge in [0.25, 0.3) is 5.92 Å². The van der Waals surface area contributed by atoms with Crippen molar-refractivity contribution < 1.29 is 23.2 Å². The van der Waals surface area contributed by atoms with E-state index in [0.717, 1.165) is 17.5 Å². The molecule has 7 rings (SSSR count). The van der Waals surface area contributed by atoms with Crippen molar-refractivity contribution >= 4 is 50.2 Å². The predicted molar refractivity (Wildman–Crippen MR) is 177 cm³/mol. The van der Waals surface area contributed by atoms with E-state index in [0.29, 0.717) is 52.1 Å². The fourth-order valence-corrected chi connectivity index (χ4v) is 7.42. The third-order valence-electron chi connectivity index (χ3n) is 9.77. The lowest BCUT2D eigenvalue weighted by molar-refractivity contribution is -0.138. The highest BCUT2D eigenvalue weighted by Gasteiger charge is 2.64. The topological polar surface area (TPSA) is 126 Å². The van der Waals surface area contributed by atoms with Gasteiger partial charge in [-0.05, 0) is 83.4 Å². The van der Waals surface area contributed by atoms with Gasteiger partial charge in [0.15, 0.2) is 5.78 Å². The number of amides is 2. The van der Waals surface area contributed by atoms with Crippen LogP contribution in [0.4, 0.5) is 14.6 Å². The summed E-state index contributed by atoms with van der Waals surface area (Å²) in [6.07, 6.45) is 4.99. The van der Waals surface area contributed by atoms with Crippen LogP contribution >= 0.6 is 15.9 Å². The van der Waals surface area contributed by atoms with E-state index < -0.39 is 12.0 Å². The van der Waals surface area contributed by atoms with Crippen LogP contribution < -0.4 is 5.32 Å². The number of aromatic nitrogens is 5. The minimum Gasteiger partial charge on any atom is -0.325 e. The Morgan fingerprint density at radius 2 is 1.85 bits per heavy atom. The number of piperidine rings is 2. The molecule has 1 unspecified atom stereocenters. The Kier molecular flexibility index (Phi) is 8.14. The van der Waals surface area contributed by atoms with Gasteiger partial charge in [-0.2, -0.15) is 5.10 Å². The lowest BCUT2D eigenvalue weighted by atomic mass is 10.0. The third-order valence-corrected chi connectivity index (χ3v) is 10.2. The van der Waals surface area contributed by atoms with Crippen molar-refractivity contribution in [1.82, 2.24) is 34.5 Å². The second kappa shape index (κ2) is 12.1. The average Bonchev–Trinajstić information content (AvgIpc) is 3.39. The van der Waals surface area contributed by atoms with Crippen molar-refractivity contribution in [3.8, 4) is 11.1 Å². The number of hydrogen-bond donors (Lipinski definition) is 1. The Morgan fingerprint density at radius 1 is 1.08 bits per heavy atom. The molecule has 3 fully saturated rings. The number of rotatable bonds is 8. The largest absolute Gasteiger partial charge is 0.325 e. The summed E-state index contributed by atoms with van der Waals surface area (Å²) in [6.45, 7) is 5.75. The Bertz CT molecular complexity index is 1950. The molecule has 48 heavy (non-hydrogen) atoms. The number of hydrogen-bond acceptors (Lipinski definition) is 8. The van der Waals surface area contributed by atoms with Crippen LogP contribution in [0.15, 0.2) is 47.3 Å². The highest BCUT2D eigenvalue weighted by Crippen LogP contribution is 2.59. The molecular formula is C34H35BrF2N8O3. The number of likely N-dealkylation sites (tertiary alicyclic amines) is 2. The first-order valence-electron chi connectivity index (χ1n) is 16.0. The monoisotopic (exact) mass is 720 g/mol. The van der Waals surface area contributed by atoms with Gasteiger partial charge in [0, 0.05) is 42.7 Å². The molecule has 14 heteroatoms. The van der Waals surface area contributed by atoms with Crippen molar-refractivity contribution in [2.24, 2.45) is 5.41 Å². The summed E-state index contributed by atoms with van der Waals surface area (Å²) >= 11 is 3.35. The quantitative estimate of drug-likeness (QED) is 0.189. The van der Waals surface area contributed by atoms with Crippen LogP contribution in [0.5, 0.6) is 0 Å². The van der Waals surface area contributed by atoms with Crippen molar-refractivity contribution in [2.45, 2.75) is 77.6 Å². The molecule has 1 saturated carbocycles. The molecule has 0 spiro atoms.